The van der Waals surface area contributed by atoms with E-state index in [4.69, 9.17) is 4.18 Å². The van der Waals surface area contributed by atoms with Gasteiger partial charge in [0.15, 0.2) is 0 Å². The fourth-order valence-electron chi connectivity index (χ4n) is 0.778. The van der Waals surface area contributed by atoms with Crippen LogP contribution in [0.15, 0.2) is 11.3 Å². The maximum Gasteiger partial charge on any atom is 0.318 e. The monoisotopic (exact) mass is 175 g/mol. The van der Waals surface area contributed by atoms with Crippen LogP contribution >= 0.6 is 0 Å². The molecule has 1 N–H and O–H groups in total. The lowest BCUT2D eigenvalue weighted by Gasteiger charge is -2.15. The van der Waals surface area contributed by atoms with Crippen molar-refractivity contribution >= 4 is 17.2 Å². The lowest BCUT2D eigenvalue weighted by molar-refractivity contribution is -0.116. The zero-order valence-electron chi connectivity index (χ0n) is 6.34. The van der Waals surface area contributed by atoms with Crippen LogP contribution in [0.3, 0.4) is 0 Å². The standard InChI is InChI=1S/C6H9NO3S/c1-3-5-4(2)6(8)7-11(9)10-5/h3H2,1-2H3,(H,7,8). The van der Waals surface area contributed by atoms with Gasteiger partial charge in [0.25, 0.3) is 5.91 Å². The predicted molar refractivity (Wildman–Crippen MR) is 40.4 cm³/mol. The summed E-state index contributed by atoms with van der Waals surface area (Å²) in [5, 5.41) is 0. The van der Waals surface area contributed by atoms with Gasteiger partial charge in [0.1, 0.15) is 5.76 Å². The van der Waals surface area contributed by atoms with Crippen LogP contribution in [0.1, 0.15) is 20.3 Å². The Balaban J connectivity index is 2.94. The van der Waals surface area contributed by atoms with Gasteiger partial charge in [-0.25, -0.2) is 4.72 Å². The first-order valence-corrected chi connectivity index (χ1v) is 4.33. The highest BCUT2D eigenvalue weighted by Gasteiger charge is 2.21. The summed E-state index contributed by atoms with van der Waals surface area (Å²) in [5.41, 5.74) is 0.507. The Hall–Kier alpha value is -0.840. The molecule has 1 amide bonds. The molecule has 0 aromatic rings. The molecule has 0 aromatic heterocycles. The van der Waals surface area contributed by atoms with Crippen molar-refractivity contribution in [2.45, 2.75) is 20.3 Å². The Labute approximate surface area is 67.4 Å². The molecule has 0 aliphatic carbocycles. The number of rotatable bonds is 1. The number of hydrogen-bond donors (Lipinski definition) is 1. The van der Waals surface area contributed by atoms with Crippen LogP contribution in [-0.2, 0) is 20.2 Å². The van der Waals surface area contributed by atoms with Crippen LogP contribution in [0, 0.1) is 0 Å². The van der Waals surface area contributed by atoms with E-state index in [-0.39, 0.29) is 5.91 Å². The molecule has 0 fully saturated rings. The quantitative estimate of drug-likeness (QED) is 0.627. The second kappa shape index (κ2) is 3.04. The second-order valence-electron chi connectivity index (χ2n) is 2.15. The molecule has 0 radical (unpaired) electrons. The lowest BCUT2D eigenvalue weighted by Crippen LogP contribution is -2.32. The van der Waals surface area contributed by atoms with E-state index < -0.39 is 11.3 Å². The van der Waals surface area contributed by atoms with Gasteiger partial charge < -0.3 is 4.18 Å². The molecule has 0 aromatic carbocycles. The number of hydrogen-bond acceptors (Lipinski definition) is 3. The third-order valence-electron chi connectivity index (χ3n) is 1.43. The molecule has 11 heavy (non-hydrogen) atoms. The van der Waals surface area contributed by atoms with E-state index in [2.05, 4.69) is 4.72 Å². The Morgan fingerprint density at radius 3 is 2.82 bits per heavy atom. The van der Waals surface area contributed by atoms with Crippen molar-refractivity contribution in [3.8, 4) is 0 Å². The zero-order chi connectivity index (χ0) is 8.43. The molecule has 1 atom stereocenters. The molecule has 0 saturated carbocycles. The van der Waals surface area contributed by atoms with E-state index in [0.29, 0.717) is 17.8 Å². The molecule has 4 nitrogen and oxygen atoms in total. The summed E-state index contributed by atoms with van der Waals surface area (Å²) in [4.78, 5) is 10.9. The first kappa shape index (κ1) is 8.26. The third kappa shape index (κ3) is 1.59. The van der Waals surface area contributed by atoms with E-state index in [9.17, 15) is 9.00 Å². The van der Waals surface area contributed by atoms with Crippen molar-refractivity contribution in [3.63, 3.8) is 0 Å². The molecule has 1 aliphatic rings. The third-order valence-corrected chi connectivity index (χ3v) is 2.14. The van der Waals surface area contributed by atoms with Gasteiger partial charge in [0.2, 0.25) is 0 Å². The molecule has 1 rings (SSSR count). The minimum Gasteiger partial charge on any atom is -0.389 e. The Kier molecular flexibility index (Phi) is 2.28. The fourth-order valence-corrected chi connectivity index (χ4v) is 1.55. The highest BCUT2D eigenvalue weighted by Crippen LogP contribution is 2.15. The van der Waals surface area contributed by atoms with Gasteiger partial charge >= 0.3 is 11.3 Å². The summed E-state index contributed by atoms with van der Waals surface area (Å²) in [7, 11) is 0. The highest BCUT2D eigenvalue weighted by molar-refractivity contribution is 7.79. The van der Waals surface area contributed by atoms with E-state index in [0.717, 1.165) is 0 Å². The number of nitrogens with one attached hydrogen (secondary N) is 1. The van der Waals surface area contributed by atoms with Crippen molar-refractivity contribution in [2.24, 2.45) is 0 Å². The molecule has 0 bridgehead atoms. The van der Waals surface area contributed by atoms with Crippen LogP contribution in [0.2, 0.25) is 0 Å². The second-order valence-corrected chi connectivity index (χ2v) is 2.99. The van der Waals surface area contributed by atoms with Crippen LogP contribution < -0.4 is 4.72 Å². The van der Waals surface area contributed by atoms with Crippen LogP contribution in [-0.4, -0.2) is 10.1 Å². The highest BCUT2D eigenvalue weighted by atomic mass is 32.2. The molecule has 0 saturated heterocycles. The van der Waals surface area contributed by atoms with Crippen LogP contribution in [0.5, 0.6) is 0 Å². The Morgan fingerprint density at radius 1 is 1.64 bits per heavy atom. The van der Waals surface area contributed by atoms with Crippen molar-refractivity contribution in [1.82, 2.24) is 4.72 Å². The van der Waals surface area contributed by atoms with Gasteiger partial charge in [-0.2, -0.15) is 4.21 Å². The minimum absolute atomic E-state index is 0.313. The SMILES string of the molecule is CCC1=C(C)C(=O)NS(=O)O1. The van der Waals surface area contributed by atoms with E-state index in [1.807, 2.05) is 6.92 Å². The lowest BCUT2D eigenvalue weighted by atomic mass is 10.2. The summed E-state index contributed by atoms with van der Waals surface area (Å²) >= 11 is -1.68. The maximum absolute atomic E-state index is 10.9. The number of allylic oxidation sites excluding steroid dienone is 1. The molecule has 1 unspecified atom stereocenters. The molecular formula is C6H9NO3S. The van der Waals surface area contributed by atoms with E-state index in [1.165, 1.54) is 0 Å². The number of carbonyl (C=O) groups excluding carboxylic acids is 1. The van der Waals surface area contributed by atoms with E-state index >= 15 is 0 Å². The Bertz CT molecular complexity index is 246. The van der Waals surface area contributed by atoms with Gasteiger partial charge in [-0.1, -0.05) is 6.92 Å². The van der Waals surface area contributed by atoms with Crippen molar-refractivity contribution in [2.75, 3.05) is 0 Å². The van der Waals surface area contributed by atoms with Crippen LogP contribution in [0.25, 0.3) is 0 Å². The van der Waals surface area contributed by atoms with Crippen molar-refractivity contribution < 1.29 is 13.2 Å². The van der Waals surface area contributed by atoms with Crippen LogP contribution in [0.4, 0.5) is 0 Å². The van der Waals surface area contributed by atoms with Gasteiger partial charge in [-0.3, -0.25) is 4.79 Å². The first-order valence-electron chi connectivity index (χ1n) is 3.26. The van der Waals surface area contributed by atoms with Crippen molar-refractivity contribution in [1.29, 1.82) is 0 Å². The molecule has 0 spiro atoms. The Morgan fingerprint density at radius 2 is 2.27 bits per heavy atom. The van der Waals surface area contributed by atoms with Gasteiger partial charge in [-0.15, -0.1) is 0 Å². The van der Waals surface area contributed by atoms with Gasteiger partial charge in [0, 0.05) is 6.42 Å². The molecule has 62 valence electrons. The average molecular weight is 175 g/mol. The smallest absolute Gasteiger partial charge is 0.318 e. The summed E-state index contributed by atoms with van der Waals surface area (Å²) in [6.45, 7) is 3.49. The topological polar surface area (TPSA) is 55.4 Å². The number of amides is 1. The fraction of sp³-hybridized carbons (Fsp3) is 0.500. The molecule has 5 heteroatoms. The van der Waals surface area contributed by atoms with Gasteiger partial charge in [0.05, 0.1) is 5.57 Å². The minimum atomic E-state index is -1.68. The van der Waals surface area contributed by atoms with Gasteiger partial charge in [-0.05, 0) is 6.92 Å². The average Bonchev–Trinajstić information content (AvgIpc) is 1.96. The number of carbonyl (C=O) groups is 1. The summed E-state index contributed by atoms with van der Waals surface area (Å²) in [5.74, 6) is 0.193. The summed E-state index contributed by atoms with van der Waals surface area (Å²) < 4.78 is 17.7. The first-order chi connectivity index (χ1) is 5.15. The maximum atomic E-state index is 10.9. The molecule has 1 heterocycles. The van der Waals surface area contributed by atoms with Crippen molar-refractivity contribution in [3.05, 3.63) is 11.3 Å². The summed E-state index contributed by atoms with van der Waals surface area (Å²) in [6.07, 6.45) is 0.588. The predicted octanol–water partition coefficient (Wildman–Crippen LogP) is 0.396. The van der Waals surface area contributed by atoms with E-state index in [1.54, 1.807) is 6.92 Å². The normalized spacial score (nSPS) is 24.5. The largest absolute Gasteiger partial charge is 0.389 e. The zero-order valence-corrected chi connectivity index (χ0v) is 7.16. The molecule has 1 aliphatic heterocycles. The molecular weight excluding hydrogens is 166 g/mol. The summed E-state index contributed by atoms with van der Waals surface area (Å²) in [6, 6.07) is 0.